The molecule has 0 aromatic heterocycles. The van der Waals surface area contributed by atoms with E-state index < -0.39 is 4.92 Å². The van der Waals surface area contributed by atoms with Crippen molar-refractivity contribution in [3.63, 3.8) is 0 Å². The fourth-order valence-electron chi connectivity index (χ4n) is 3.48. The second-order valence-electron chi connectivity index (χ2n) is 7.34. The van der Waals surface area contributed by atoms with Crippen LogP contribution in [0.15, 0.2) is 48.5 Å². The minimum absolute atomic E-state index is 0.0135. The number of hydrogen-bond donors (Lipinski definition) is 0. The van der Waals surface area contributed by atoms with E-state index in [2.05, 4.69) is 11.8 Å². The van der Waals surface area contributed by atoms with Gasteiger partial charge < -0.3 is 9.64 Å². The smallest absolute Gasteiger partial charge is 0.269 e. The van der Waals surface area contributed by atoms with Crippen LogP contribution in [-0.2, 0) is 11.3 Å². The monoisotopic (exact) mass is 401 g/mol. The number of ether oxygens (including phenoxy) is 1. The van der Waals surface area contributed by atoms with Gasteiger partial charge in [0, 0.05) is 43.9 Å². The molecule has 1 saturated heterocycles. The maximum atomic E-state index is 13.1. The van der Waals surface area contributed by atoms with E-state index in [4.69, 9.17) is 4.74 Å². The number of nitro benzene ring substituents is 1. The molecular formula is C21H24FN3O4. The number of nitro groups is 1. The SMILES string of the molecule is C[C@@H]1CN(Cc2ccc(F)cc2)[C@@H](C)CN1C(=O)COc1ccc([N+](=O)[O-])cc1. The molecule has 0 unspecified atom stereocenters. The Morgan fingerprint density at radius 2 is 1.76 bits per heavy atom. The van der Waals surface area contributed by atoms with Gasteiger partial charge in [-0.15, -0.1) is 0 Å². The number of piperazine rings is 1. The quantitative estimate of drug-likeness (QED) is 0.549. The van der Waals surface area contributed by atoms with Crippen LogP contribution in [0, 0.1) is 15.9 Å². The minimum Gasteiger partial charge on any atom is -0.484 e. The number of benzene rings is 2. The second kappa shape index (κ2) is 9.00. The molecule has 2 atom stereocenters. The predicted octanol–water partition coefficient (Wildman–Crippen LogP) is 3.23. The van der Waals surface area contributed by atoms with E-state index in [-0.39, 0.29) is 36.1 Å². The molecule has 1 aliphatic rings. The van der Waals surface area contributed by atoms with E-state index >= 15 is 0 Å². The van der Waals surface area contributed by atoms with Crippen LogP contribution in [-0.4, -0.2) is 52.4 Å². The Kier molecular flexibility index (Phi) is 6.43. The van der Waals surface area contributed by atoms with Crippen LogP contribution in [0.1, 0.15) is 19.4 Å². The highest BCUT2D eigenvalue weighted by molar-refractivity contribution is 5.78. The van der Waals surface area contributed by atoms with E-state index in [0.717, 1.165) is 5.56 Å². The Balaban J connectivity index is 1.54. The first-order valence-electron chi connectivity index (χ1n) is 9.48. The summed E-state index contributed by atoms with van der Waals surface area (Å²) in [5, 5.41) is 10.7. The lowest BCUT2D eigenvalue weighted by Gasteiger charge is -2.44. The summed E-state index contributed by atoms with van der Waals surface area (Å²) in [6.07, 6.45) is 0. The third kappa shape index (κ3) is 5.29. The molecule has 1 aliphatic heterocycles. The molecule has 154 valence electrons. The number of halogens is 1. The van der Waals surface area contributed by atoms with E-state index in [1.165, 1.54) is 36.4 Å². The molecule has 0 spiro atoms. The average molecular weight is 401 g/mol. The summed E-state index contributed by atoms with van der Waals surface area (Å²) in [5.74, 6) is 0.0438. The Hall–Kier alpha value is -3.00. The molecule has 1 fully saturated rings. The summed E-state index contributed by atoms with van der Waals surface area (Å²) in [5.41, 5.74) is 1.01. The number of carbonyl (C=O) groups is 1. The summed E-state index contributed by atoms with van der Waals surface area (Å²) in [7, 11) is 0. The lowest BCUT2D eigenvalue weighted by atomic mass is 10.1. The third-order valence-corrected chi connectivity index (χ3v) is 5.14. The van der Waals surface area contributed by atoms with E-state index in [9.17, 15) is 19.3 Å². The summed E-state index contributed by atoms with van der Waals surface area (Å²) in [6.45, 7) is 5.92. The molecule has 0 saturated carbocycles. The van der Waals surface area contributed by atoms with Crippen molar-refractivity contribution >= 4 is 11.6 Å². The lowest BCUT2D eigenvalue weighted by molar-refractivity contribution is -0.384. The molecule has 1 heterocycles. The Labute approximate surface area is 168 Å². The average Bonchev–Trinajstić information content (AvgIpc) is 2.70. The second-order valence-corrected chi connectivity index (χ2v) is 7.34. The first-order chi connectivity index (χ1) is 13.8. The molecule has 3 rings (SSSR count). The van der Waals surface area contributed by atoms with Crippen molar-refractivity contribution < 1.29 is 18.8 Å². The summed E-state index contributed by atoms with van der Waals surface area (Å²) in [6, 6.07) is 12.3. The molecular weight excluding hydrogens is 377 g/mol. The van der Waals surface area contributed by atoms with Gasteiger partial charge in [0.05, 0.1) is 4.92 Å². The van der Waals surface area contributed by atoms with Crippen LogP contribution in [0.3, 0.4) is 0 Å². The van der Waals surface area contributed by atoms with Gasteiger partial charge in [-0.05, 0) is 43.7 Å². The molecule has 1 amide bonds. The van der Waals surface area contributed by atoms with Crippen molar-refractivity contribution in [3.8, 4) is 5.75 Å². The fourth-order valence-corrected chi connectivity index (χ4v) is 3.48. The fraction of sp³-hybridized carbons (Fsp3) is 0.381. The van der Waals surface area contributed by atoms with Crippen LogP contribution in [0.25, 0.3) is 0 Å². The van der Waals surface area contributed by atoms with Crippen molar-refractivity contribution in [1.29, 1.82) is 0 Å². The van der Waals surface area contributed by atoms with Gasteiger partial charge in [-0.2, -0.15) is 0 Å². The molecule has 0 N–H and O–H groups in total. The Morgan fingerprint density at radius 3 is 2.38 bits per heavy atom. The number of rotatable bonds is 6. The molecule has 0 bridgehead atoms. The molecule has 8 heteroatoms. The van der Waals surface area contributed by atoms with Crippen LogP contribution in [0.2, 0.25) is 0 Å². The standard InChI is InChI=1S/C21H24FN3O4/c1-15-12-24(16(2)11-23(15)13-17-3-5-18(22)6-4-17)21(26)14-29-20-9-7-19(8-10-20)25(27)28/h3-10,15-16H,11-14H2,1-2H3/t15-,16+/m0/s1. The van der Waals surface area contributed by atoms with Gasteiger partial charge in [-0.1, -0.05) is 12.1 Å². The number of carbonyl (C=O) groups excluding carboxylic acids is 1. The molecule has 7 nitrogen and oxygen atoms in total. The summed E-state index contributed by atoms with van der Waals surface area (Å²) in [4.78, 5) is 26.9. The highest BCUT2D eigenvalue weighted by Gasteiger charge is 2.32. The largest absolute Gasteiger partial charge is 0.484 e. The van der Waals surface area contributed by atoms with Gasteiger partial charge >= 0.3 is 0 Å². The highest BCUT2D eigenvalue weighted by Crippen LogP contribution is 2.20. The van der Waals surface area contributed by atoms with Crippen molar-refractivity contribution in [2.24, 2.45) is 0 Å². The predicted molar refractivity (Wildman–Crippen MR) is 106 cm³/mol. The minimum atomic E-state index is -0.483. The van der Waals surface area contributed by atoms with Gasteiger partial charge in [-0.3, -0.25) is 19.8 Å². The zero-order chi connectivity index (χ0) is 21.0. The van der Waals surface area contributed by atoms with E-state index in [1.807, 2.05) is 6.92 Å². The van der Waals surface area contributed by atoms with Crippen molar-refractivity contribution in [2.75, 3.05) is 19.7 Å². The molecule has 0 radical (unpaired) electrons. The maximum absolute atomic E-state index is 13.1. The van der Waals surface area contributed by atoms with Crippen LogP contribution < -0.4 is 4.74 Å². The van der Waals surface area contributed by atoms with Crippen molar-refractivity contribution in [2.45, 2.75) is 32.5 Å². The van der Waals surface area contributed by atoms with E-state index in [0.29, 0.717) is 25.4 Å². The van der Waals surface area contributed by atoms with Gasteiger partial charge in [0.15, 0.2) is 6.61 Å². The first kappa shape index (κ1) is 20.7. The zero-order valence-electron chi connectivity index (χ0n) is 16.5. The number of amides is 1. The zero-order valence-corrected chi connectivity index (χ0v) is 16.5. The van der Waals surface area contributed by atoms with Crippen LogP contribution in [0.4, 0.5) is 10.1 Å². The van der Waals surface area contributed by atoms with Crippen LogP contribution >= 0.6 is 0 Å². The Bertz CT molecular complexity index is 857. The lowest BCUT2D eigenvalue weighted by Crippen LogP contribution is -2.58. The molecule has 0 aliphatic carbocycles. The third-order valence-electron chi connectivity index (χ3n) is 5.14. The van der Waals surface area contributed by atoms with Gasteiger partial charge in [0.25, 0.3) is 11.6 Å². The number of nitrogens with zero attached hydrogens (tertiary/aromatic N) is 3. The van der Waals surface area contributed by atoms with E-state index in [1.54, 1.807) is 17.0 Å². The molecule has 2 aromatic rings. The summed E-state index contributed by atoms with van der Waals surface area (Å²) >= 11 is 0. The molecule has 2 aromatic carbocycles. The van der Waals surface area contributed by atoms with Gasteiger partial charge in [0.1, 0.15) is 11.6 Å². The van der Waals surface area contributed by atoms with Gasteiger partial charge in [0.2, 0.25) is 0 Å². The highest BCUT2D eigenvalue weighted by atomic mass is 19.1. The number of non-ortho nitro benzene ring substituents is 1. The van der Waals surface area contributed by atoms with Crippen molar-refractivity contribution in [1.82, 2.24) is 9.80 Å². The maximum Gasteiger partial charge on any atom is 0.269 e. The van der Waals surface area contributed by atoms with Crippen LogP contribution in [0.5, 0.6) is 5.75 Å². The van der Waals surface area contributed by atoms with Gasteiger partial charge in [-0.25, -0.2) is 4.39 Å². The number of hydrogen-bond acceptors (Lipinski definition) is 5. The Morgan fingerprint density at radius 1 is 1.10 bits per heavy atom. The summed E-state index contributed by atoms with van der Waals surface area (Å²) < 4.78 is 18.6. The normalized spacial score (nSPS) is 19.8. The topological polar surface area (TPSA) is 75.9 Å². The molecule has 29 heavy (non-hydrogen) atoms. The first-order valence-corrected chi connectivity index (χ1v) is 9.48. The van der Waals surface area contributed by atoms with Crippen molar-refractivity contribution in [3.05, 3.63) is 70.0 Å².